The van der Waals surface area contributed by atoms with Crippen LogP contribution < -0.4 is 11.1 Å². The van der Waals surface area contributed by atoms with Crippen LogP contribution in [0.5, 0.6) is 0 Å². The Morgan fingerprint density at radius 2 is 2.24 bits per heavy atom. The van der Waals surface area contributed by atoms with Crippen LogP contribution in [0.2, 0.25) is 0 Å². The Morgan fingerprint density at radius 1 is 1.43 bits per heavy atom. The summed E-state index contributed by atoms with van der Waals surface area (Å²) in [6, 6.07) is 7.89. The van der Waals surface area contributed by atoms with Crippen molar-refractivity contribution in [2.75, 3.05) is 11.1 Å². The molecule has 0 aliphatic heterocycles. The number of amides is 1. The lowest BCUT2D eigenvalue weighted by atomic mass is 10.2. The molecule has 2 heterocycles. The van der Waals surface area contributed by atoms with Gasteiger partial charge in [0.15, 0.2) is 0 Å². The highest BCUT2D eigenvalue weighted by Crippen LogP contribution is 2.25. The van der Waals surface area contributed by atoms with Crippen molar-refractivity contribution in [1.29, 1.82) is 0 Å². The summed E-state index contributed by atoms with van der Waals surface area (Å²) >= 11 is 1.68. The third kappa shape index (κ3) is 2.38. The number of nitrogens with one attached hydrogen (secondary N) is 1. The number of aromatic nitrogens is 2. The molecule has 0 radical (unpaired) electrons. The van der Waals surface area contributed by atoms with Crippen LogP contribution in [-0.4, -0.2) is 15.7 Å². The topological polar surface area (TPSA) is 72.9 Å². The summed E-state index contributed by atoms with van der Waals surface area (Å²) in [5.41, 5.74) is 8.25. The zero-order valence-electron chi connectivity index (χ0n) is 11.9. The van der Waals surface area contributed by atoms with Gasteiger partial charge in [-0.2, -0.15) is 5.10 Å². The number of thiophene rings is 1. The number of rotatable bonds is 3. The Morgan fingerprint density at radius 3 is 3.00 bits per heavy atom. The largest absolute Gasteiger partial charge is 0.395 e. The van der Waals surface area contributed by atoms with Gasteiger partial charge in [-0.1, -0.05) is 0 Å². The molecule has 0 saturated carbocycles. The zero-order chi connectivity index (χ0) is 15.0. The number of benzene rings is 1. The summed E-state index contributed by atoms with van der Waals surface area (Å²) in [5.74, 6) is -0.232. The summed E-state index contributed by atoms with van der Waals surface area (Å²) in [4.78, 5) is 12.5. The molecule has 0 aliphatic carbocycles. The molecule has 0 spiro atoms. The monoisotopic (exact) mass is 300 g/mol. The molecule has 3 rings (SSSR count). The van der Waals surface area contributed by atoms with Crippen LogP contribution in [0.3, 0.4) is 0 Å². The Balaban J connectivity index is 1.92. The molecule has 0 fully saturated rings. The molecular weight excluding hydrogens is 284 g/mol. The maximum absolute atomic E-state index is 12.5. The second kappa shape index (κ2) is 5.21. The first-order valence-corrected chi connectivity index (χ1v) is 7.59. The van der Waals surface area contributed by atoms with Gasteiger partial charge < -0.3 is 11.1 Å². The van der Waals surface area contributed by atoms with Crippen molar-refractivity contribution in [2.45, 2.75) is 20.4 Å². The van der Waals surface area contributed by atoms with E-state index in [9.17, 15) is 4.79 Å². The SMILES string of the molecule is CCn1nc(C)c(N)c1C(=O)Nc1ccc2sccc2c1. The van der Waals surface area contributed by atoms with Crippen molar-refractivity contribution in [3.63, 3.8) is 0 Å². The van der Waals surface area contributed by atoms with Gasteiger partial charge in [-0.05, 0) is 48.9 Å². The van der Waals surface area contributed by atoms with Crippen LogP contribution >= 0.6 is 11.3 Å². The lowest BCUT2D eigenvalue weighted by Gasteiger charge is -2.08. The Labute approximate surface area is 126 Å². The highest BCUT2D eigenvalue weighted by atomic mass is 32.1. The number of fused-ring (bicyclic) bond motifs is 1. The van der Waals surface area contributed by atoms with Crippen LogP contribution in [0.25, 0.3) is 10.1 Å². The lowest BCUT2D eigenvalue weighted by Crippen LogP contribution is -2.18. The van der Waals surface area contributed by atoms with E-state index in [1.807, 2.05) is 36.6 Å². The van der Waals surface area contributed by atoms with Gasteiger partial charge >= 0.3 is 0 Å². The van der Waals surface area contributed by atoms with Gasteiger partial charge in [0, 0.05) is 16.9 Å². The highest BCUT2D eigenvalue weighted by molar-refractivity contribution is 7.17. The summed E-state index contributed by atoms with van der Waals surface area (Å²) in [6.45, 7) is 4.33. The first-order valence-electron chi connectivity index (χ1n) is 6.71. The van der Waals surface area contributed by atoms with Gasteiger partial charge in [0.05, 0.1) is 11.4 Å². The number of nitrogen functional groups attached to an aromatic ring is 1. The molecule has 6 heteroatoms. The summed E-state index contributed by atoms with van der Waals surface area (Å²) in [6.07, 6.45) is 0. The van der Waals surface area contributed by atoms with E-state index in [0.29, 0.717) is 23.6 Å². The van der Waals surface area contributed by atoms with Gasteiger partial charge in [0.25, 0.3) is 5.91 Å². The number of nitrogens with zero attached hydrogens (tertiary/aromatic N) is 2. The van der Waals surface area contributed by atoms with E-state index in [0.717, 1.165) is 11.1 Å². The molecule has 5 nitrogen and oxygen atoms in total. The fraction of sp³-hybridized carbons (Fsp3) is 0.200. The van der Waals surface area contributed by atoms with Crippen molar-refractivity contribution in [3.8, 4) is 0 Å². The summed E-state index contributed by atoms with van der Waals surface area (Å²) < 4.78 is 2.82. The maximum atomic E-state index is 12.5. The van der Waals surface area contributed by atoms with Gasteiger partial charge in [0.1, 0.15) is 5.69 Å². The summed E-state index contributed by atoms with van der Waals surface area (Å²) in [5, 5.41) is 10.3. The molecule has 0 aliphatic rings. The minimum atomic E-state index is -0.232. The molecule has 21 heavy (non-hydrogen) atoms. The molecule has 3 N–H and O–H groups in total. The summed E-state index contributed by atoms with van der Waals surface area (Å²) in [7, 11) is 0. The number of aryl methyl sites for hydroxylation is 2. The number of nitrogens with two attached hydrogens (primary N) is 1. The molecule has 0 atom stereocenters. The van der Waals surface area contributed by atoms with E-state index < -0.39 is 0 Å². The van der Waals surface area contributed by atoms with Crippen molar-refractivity contribution >= 4 is 38.7 Å². The quantitative estimate of drug-likeness (QED) is 0.779. The second-order valence-electron chi connectivity index (χ2n) is 4.79. The molecule has 1 amide bonds. The first-order chi connectivity index (χ1) is 10.1. The van der Waals surface area contributed by atoms with Crippen LogP contribution in [0.1, 0.15) is 23.1 Å². The Kier molecular flexibility index (Phi) is 3.39. The van der Waals surface area contributed by atoms with E-state index in [-0.39, 0.29) is 5.91 Å². The fourth-order valence-corrected chi connectivity index (χ4v) is 3.07. The van der Waals surface area contributed by atoms with E-state index >= 15 is 0 Å². The smallest absolute Gasteiger partial charge is 0.276 e. The fourth-order valence-electron chi connectivity index (χ4n) is 2.30. The minimum Gasteiger partial charge on any atom is -0.395 e. The Bertz CT molecular complexity index is 818. The van der Waals surface area contributed by atoms with E-state index in [2.05, 4.69) is 10.4 Å². The number of carbonyl (C=O) groups excluding carboxylic acids is 1. The van der Waals surface area contributed by atoms with Crippen molar-refractivity contribution < 1.29 is 4.79 Å². The number of carbonyl (C=O) groups is 1. The molecule has 0 unspecified atom stereocenters. The maximum Gasteiger partial charge on any atom is 0.276 e. The standard InChI is InChI=1S/C15H16N4OS/c1-3-19-14(13(16)9(2)18-19)15(20)17-11-4-5-12-10(8-11)6-7-21-12/h4-8H,3,16H2,1-2H3,(H,17,20). The molecular formula is C15H16N4OS. The average Bonchev–Trinajstić information content (AvgIpc) is 3.03. The zero-order valence-corrected chi connectivity index (χ0v) is 12.7. The molecule has 0 bridgehead atoms. The van der Waals surface area contributed by atoms with Crippen LogP contribution in [0.4, 0.5) is 11.4 Å². The van der Waals surface area contributed by atoms with Crippen molar-refractivity contribution in [2.24, 2.45) is 0 Å². The van der Waals surface area contributed by atoms with Crippen molar-refractivity contribution in [1.82, 2.24) is 9.78 Å². The number of hydrogen-bond acceptors (Lipinski definition) is 4. The van der Waals surface area contributed by atoms with E-state index in [4.69, 9.17) is 5.73 Å². The minimum absolute atomic E-state index is 0.232. The van der Waals surface area contributed by atoms with E-state index in [1.165, 1.54) is 4.70 Å². The first kappa shape index (κ1) is 13.6. The van der Waals surface area contributed by atoms with Gasteiger partial charge in [-0.25, -0.2) is 0 Å². The second-order valence-corrected chi connectivity index (χ2v) is 5.74. The molecule has 1 aromatic carbocycles. The van der Waals surface area contributed by atoms with Crippen molar-refractivity contribution in [3.05, 3.63) is 41.0 Å². The van der Waals surface area contributed by atoms with Crippen LogP contribution in [-0.2, 0) is 6.54 Å². The predicted molar refractivity (Wildman–Crippen MR) is 86.8 cm³/mol. The Hall–Kier alpha value is -2.34. The predicted octanol–water partition coefficient (Wildman–Crippen LogP) is 3.26. The third-order valence-corrected chi connectivity index (χ3v) is 4.30. The number of anilines is 2. The molecule has 108 valence electrons. The molecule has 0 saturated heterocycles. The van der Waals surface area contributed by atoms with Crippen LogP contribution in [0, 0.1) is 6.92 Å². The highest BCUT2D eigenvalue weighted by Gasteiger charge is 2.19. The van der Waals surface area contributed by atoms with Gasteiger partial charge in [0.2, 0.25) is 0 Å². The average molecular weight is 300 g/mol. The van der Waals surface area contributed by atoms with Gasteiger partial charge in [-0.3, -0.25) is 9.48 Å². The normalized spacial score (nSPS) is 11.0. The molecule has 2 aromatic heterocycles. The van der Waals surface area contributed by atoms with E-state index in [1.54, 1.807) is 22.9 Å². The third-order valence-electron chi connectivity index (χ3n) is 3.40. The van der Waals surface area contributed by atoms with Gasteiger partial charge in [-0.15, -0.1) is 11.3 Å². The molecule has 3 aromatic rings. The van der Waals surface area contributed by atoms with Crippen LogP contribution in [0.15, 0.2) is 29.6 Å². The lowest BCUT2D eigenvalue weighted by molar-refractivity contribution is 0.101. The number of hydrogen-bond donors (Lipinski definition) is 2.